The van der Waals surface area contributed by atoms with Gasteiger partial charge >= 0.3 is 0 Å². The van der Waals surface area contributed by atoms with Gasteiger partial charge in [-0.1, -0.05) is 13.0 Å². The van der Waals surface area contributed by atoms with Crippen LogP contribution in [0.25, 0.3) is 0 Å². The van der Waals surface area contributed by atoms with Gasteiger partial charge in [-0.2, -0.15) is 0 Å². The van der Waals surface area contributed by atoms with E-state index in [-0.39, 0.29) is 0 Å². The molecule has 112 valence electrons. The Hall–Kier alpha value is -2.01. The Bertz CT molecular complexity index is 609. The molecule has 0 fully saturated rings. The van der Waals surface area contributed by atoms with Crippen molar-refractivity contribution in [3.05, 3.63) is 42.0 Å². The minimum Gasteiger partial charge on any atom is -0.486 e. The van der Waals surface area contributed by atoms with Crippen molar-refractivity contribution in [2.75, 3.05) is 13.2 Å². The minimum atomic E-state index is -0.592. The smallest absolute Gasteiger partial charge is 0.161 e. The number of fused-ring (bicyclic) bond motifs is 1. The summed E-state index contributed by atoms with van der Waals surface area (Å²) >= 11 is 0. The lowest BCUT2D eigenvalue weighted by Gasteiger charge is -2.20. The molecule has 1 aliphatic rings. The van der Waals surface area contributed by atoms with Crippen molar-refractivity contribution in [3.63, 3.8) is 0 Å². The highest BCUT2D eigenvalue weighted by Gasteiger charge is 2.16. The molecule has 0 aliphatic carbocycles. The van der Waals surface area contributed by atoms with E-state index >= 15 is 0 Å². The van der Waals surface area contributed by atoms with Gasteiger partial charge in [-0.3, -0.25) is 0 Å². The molecule has 1 unspecified atom stereocenters. The first-order valence-corrected chi connectivity index (χ1v) is 7.35. The molecule has 21 heavy (non-hydrogen) atoms. The number of ether oxygens (including phenoxy) is 2. The molecule has 0 saturated carbocycles. The summed E-state index contributed by atoms with van der Waals surface area (Å²) in [5.41, 5.74) is 0.829. The number of hydrogen-bond acceptors (Lipinski definition) is 4. The van der Waals surface area contributed by atoms with Crippen molar-refractivity contribution in [1.29, 1.82) is 0 Å². The van der Waals surface area contributed by atoms with Crippen molar-refractivity contribution in [1.82, 2.24) is 9.55 Å². The maximum Gasteiger partial charge on any atom is 0.161 e. The molecule has 0 spiro atoms. The number of aliphatic hydroxyl groups excluding tert-OH is 1. The highest BCUT2D eigenvalue weighted by atomic mass is 16.6. The summed E-state index contributed by atoms with van der Waals surface area (Å²) in [5, 5.41) is 10.4. The molecule has 5 heteroatoms. The summed E-state index contributed by atoms with van der Waals surface area (Å²) in [6.07, 6.45) is 5.05. The fourth-order valence-electron chi connectivity index (χ4n) is 2.52. The Kier molecular flexibility index (Phi) is 4.10. The highest BCUT2D eigenvalue weighted by Crippen LogP contribution is 2.33. The lowest BCUT2D eigenvalue weighted by molar-refractivity contribution is 0.150. The van der Waals surface area contributed by atoms with E-state index in [0.717, 1.165) is 30.0 Å². The van der Waals surface area contributed by atoms with Crippen molar-refractivity contribution >= 4 is 0 Å². The van der Waals surface area contributed by atoms with Gasteiger partial charge in [0.2, 0.25) is 0 Å². The standard InChI is InChI=1S/C16H20N2O3/c1-2-3-16-17-6-7-18(16)11-13(19)12-4-5-14-15(10-12)21-9-8-20-14/h4-7,10,13,19H,2-3,8-9,11H2,1H3. The molecule has 0 bridgehead atoms. The first-order chi connectivity index (χ1) is 10.3. The monoisotopic (exact) mass is 288 g/mol. The third-order valence-electron chi connectivity index (χ3n) is 3.60. The summed E-state index contributed by atoms with van der Waals surface area (Å²) in [6.45, 7) is 3.74. The average Bonchev–Trinajstić information content (AvgIpc) is 2.94. The van der Waals surface area contributed by atoms with Crippen LogP contribution in [0.2, 0.25) is 0 Å². The molecule has 0 radical (unpaired) electrons. The molecule has 2 heterocycles. The first kappa shape index (κ1) is 13.9. The number of nitrogens with zero attached hydrogens (tertiary/aromatic N) is 2. The van der Waals surface area contributed by atoms with E-state index in [4.69, 9.17) is 9.47 Å². The van der Waals surface area contributed by atoms with Crippen molar-refractivity contribution in [2.45, 2.75) is 32.4 Å². The second-order valence-electron chi connectivity index (χ2n) is 5.16. The number of imidazole rings is 1. The predicted octanol–water partition coefficient (Wildman–Crippen LogP) is 2.34. The lowest BCUT2D eigenvalue weighted by atomic mass is 10.1. The van der Waals surface area contributed by atoms with E-state index in [1.54, 1.807) is 6.20 Å². The second kappa shape index (κ2) is 6.18. The lowest BCUT2D eigenvalue weighted by Crippen LogP contribution is -2.16. The number of benzene rings is 1. The number of hydrogen-bond donors (Lipinski definition) is 1. The topological polar surface area (TPSA) is 56.5 Å². The summed E-state index contributed by atoms with van der Waals surface area (Å²) in [4.78, 5) is 4.33. The van der Waals surface area contributed by atoms with Crippen LogP contribution in [0.4, 0.5) is 0 Å². The summed E-state index contributed by atoms with van der Waals surface area (Å²) in [6, 6.07) is 5.60. The van der Waals surface area contributed by atoms with Gasteiger partial charge in [-0.25, -0.2) is 4.98 Å². The van der Waals surface area contributed by atoms with E-state index in [1.165, 1.54) is 0 Å². The molecule has 2 aromatic rings. The Morgan fingerprint density at radius 1 is 1.29 bits per heavy atom. The van der Waals surface area contributed by atoms with Gasteiger partial charge in [0.05, 0.1) is 12.6 Å². The van der Waals surface area contributed by atoms with Gasteiger partial charge in [0.25, 0.3) is 0 Å². The van der Waals surface area contributed by atoms with Crippen LogP contribution < -0.4 is 9.47 Å². The Morgan fingerprint density at radius 2 is 2.10 bits per heavy atom. The van der Waals surface area contributed by atoms with E-state index in [0.29, 0.717) is 25.5 Å². The van der Waals surface area contributed by atoms with Crippen LogP contribution in [0, 0.1) is 0 Å². The molecule has 0 amide bonds. The van der Waals surface area contributed by atoms with Gasteiger partial charge in [0.1, 0.15) is 19.0 Å². The van der Waals surface area contributed by atoms with Gasteiger partial charge in [-0.15, -0.1) is 0 Å². The molecular formula is C16H20N2O3. The van der Waals surface area contributed by atoms with Gasteiger partial charge in [-0.05, 0) is 24.1 Å². The third kappa shape index (κ3) is 3.03. The maximum absolute atomic E-state index is 10.4. The summed E-state index contributed by atoms with van der Waals surface area (Å²) in [5.74, 6) is 2.46. The van der Waals surface area contributed by atoms with Crippen LogP contribution in [0.5, 0.6) is 11.5 Å². The normalized spacial score (nSPS) is 15.0. The number of aromatic nitrogens is 2. The van der Waals surface area contributed by atoms with Crippen LogP contribution in [0.1, 0.15) is 30.8 Å². The summed E-state index contributed by atoms with van der Waals surface area (Å²) < 4.78 is 13.1. The average molecular weight is 288 g/mol. The molecular weight excluding hydrogens is 268 g/mol. The zero-order valence-electron chi connectivity index (χ0n) is 12.2. The Morgan fingerprint density at radius 3 is 2.90 bits per heavy atom. The molecule has 1 aliphatic heterocycles. The zero-order valence-corrected chi connectivity index (χ0v) is 12.2. The largest absolute Gasteiger partial charge is 0.486 e. The molecule has 5 nitrogen and oxygen atoms in total. The van der Waals surface area contributed by atoms with Crippen LogP contribution in [-0.2, 0) is 13.0 Å². The number of rotatable bonds is 5. The fraction of sp³-hybridized carbons (Fsp3) is 0.438. The van der Waals surface area contributed by atoms with Gasteiger partial charge in [0.15, 0.2) is 11.5 Å². The third-order valence-corrected chi connectivity index (χ3v) is 3.60. The van der Waals surface area contributed by atoms with E-state index in [2.05, 4.69) is 11.9 Å². The highest BCUT2D eigenvalue weighted by molar-refractivity contribution is 5.44. The van der Waals surface area contributed by atoms with Crippen LogP contribution in [-0.4, -0.2) is 27.9 Å². The molecule has 0 saturated heterocycles. The molecule has 1 aromatic heterocycles. The van der Waals surface area contributed by atoms with E-state index in [1.807, 2.05) is 29.0 Å². The van der Waals surface area contributed by atoms with Crippen molar-refractivity contribution < 1.29 is 14.6 Å². The van der Waals surface area contributed by atoms with Crippen LogP contribution in [0.3, 0.4) is 0 Å². The Balaban J connectivity index is 1.75. The van der Waals surface area contributed by atoms with Crippen molar-refractivity contribution in [3.8, 4) is 11.5 Å². The maximum atomic E-state index is 10.4. The molecule has 1 atom stereocenters. The number of aliphatic hydroxyl groups is 1. The van der Waals surface area contributed by atoms with Gasteiger partial charge < -0.3 is 19.1 Å². The van der Waals surface area contributed by atoms with Crippen molar-refractivity contribution in [2.24, 2.45) is 0 Å². The van der Waals surface area contributed by atoms with E-state index < -0.39 is 6.10 Å². The zero-order chi connectivity index (χ0) is 14.7. The van der Waals surface area contributed by atoms with Crippen LogP contribution in [0.15, 0.2) is 30.6 Å². The molecule has 1 aromatic carbocycles. The van der Waals surface area contributed by atoms with Gasteiger partial charge in [0, 0.05) is 18.8 Å². The second-order valence-corrected chi connectivity index (χ2v) is 5.16. The number of aryl methyl sites for hydroxylation is 1. The Labute approximate surface area is 124 Å². The molecule has 3 rings (SSSR count). The van der Waals surface area contributed by atoms with E-state index in [9.17, 15) is 5.11 Å². The fourth-order valence-corrected chi connectivity index (χ4v) is 2.52. The first-order valence-electron chi connectivity index (χ1n) is 7.35. The minimum absolute atomic E-state index is 0.495. The summed E-state index contributed by atoms with van der Waals surface area (Å²) in [7, 11) is 0. The quantitative estimate of drug-likeness (QED) is 0.917. The molecule has 1 N–H and O–H groups in total. The predicted molar refractivity (Wildman–Crippen MR) is 78.6 cm³/mol. The van der Waals surface area contributed by atoms with Crippen LogP contribution >= 0.6 is 0 Å². The SMILES string of the molecule is CCCc1nccn1CC(O)c1ccc2c(c1)OCCO2.